The second-order valence-electron chi connectivity index (χ2n) is 15.8. The van der Waals surface area contributed by atoms with Gasteiger partial charge in [0.15, 0.2) is 0 Å². The van der Waals surface area contributed by atoms with E-state index in [-0.39, 0.29) is 4.90 Å². The number of hydrogen-bond donors (Lipinski definition) is 0. The van der Waals surface area contributed by atoms with Crippen molar-refractivity contribution in [2.45, 2.75) is 66.7 Å². The first-order valence-electron chi connectivity index (χ1n) is 19.2. The minimum atomic E-state index is -1.03. The summed E-state index contributed by atoms with van der Waals surface area (Å²) in [6.45, 7) is 18.3. The van der Waals surface area contributed by atoms with E-state index < -0.39 is 15.8 Å². The van der Waals surface area contributed by atoms with Gasteiger partial charge in [-0.2, -0.15) is 0 Å². The first-order chi connectivity index (χ1) is 26.0. The molecular weight excluding hydrogens is 687 g/mol. The highest BCUT2D eigenvalue weighted by Gasteiger charge is 2.52. The van der Waals surface area contributed by atoms with Crippen molar-refractivity contribution < 1.29 is 0 Å². The average Bonchev–Trinajstić information content (AvgIpc) is 3.10. The molecule has 0 spiro atoms. The summed E-state index contributed by atoms with van der Waals surface area (Å²) in [6.07, 6.45) is 3.53. The van der Waals surface area contributed by atoms with Crippen LogP contribution in [0.5, 0.6) is 0 Å². The van der Waals surface area contributed by atoms with Crippen molar-refractivity contribution in [3.8, 4) is 0 Å². The molecule has 0 unspecified atom stereocenters. The molecule has 0 aromatic heterocycles. The van der Waals surface area contributed by atoms with Gasteiger partial charge in [0.05, 0.1) is 4.90 Å². The third-order valence-corrected chi connectivity index (χ3v) is 17.5. The number of benzene rings is 7. The zero-order valence-corrected chi connectivity index (χ0v) is 34.7. The molecule has 268 valence electrons. The molecule has 0 fully saturated rings. The van der Waals surface area contributed by atoms with Crippen LogP contribution in [0.2, 0.25) is 0 Å². The van der Waals surface area contributed by atoms with Crippen molar-refractivity contribution >= 4 is 59.5 Å². The molecular formula is C52H50P2. The first-order valence-corrected chi connectivity index (χ1v) is 21.9. The lowest BCUT2D eigenvalue weighted by Gasteiger charge is -2.51. The normalized spacial score (nSPS) is 13.7. The Hall–Kier alpha value is -4.60. The van der Waals surface area contributed by atoms with Crippen LogP contribution in [0.25, 0.3) is 22.4 Å². The quantitative estimate of drug-likeness (QED) is 0.143. The second kappa shape index (κ2) is 14.6. The Labute approximate surface area is 324 Å². The minimum absolute atomic E-state index is 0.329. The summed E-state index contributed by atoms with van der Waals surface area (Å²) in [5.74, 6) is 0. The summed E-state index contributed by atoms with van der Waals surface area (Å²) >= 11 is 0. The highest BCUT2D eigenvalue weighted by Crippen LogP contribution is 2.72. The molecule has 0 amide bonds. The fraction of sp³-hybridized carbons (Fsp3) is 0.192. The highest BCUT2D eigenvalue weighted by atomic mass is 31.2. The molecule has 2 heteroatoms. The Balaban J connectivity index is 1.66. The van der Waals surface area contributed by atoms with Gasteiger partial charge in [-0.15, -0.1) is 0 Å². The average molecular weight is 737 g/mol. The Morgan fingerprint density at radius 2 is 0.796 bits per heavy atom. The molecule has 8 rings (SSSR count). The van der Waals surface area contributed by atoms with Crippen molar-refractivity contribution in [2.75, 3.05) is 0 Å². The molecule has 0 N–H and O–H groups in total. The molecule has 7 aromatic carbocycles. The predicted octanol–water partition coefficient (Wildman–Crippen LogP) is 10.7. The molecule has 1 aliphatic rings. The Bertz CT molecular complexity index is 2400. The molecule has 0 bridgehead atoms. The first kappa shape index (κ1) is 36.4. The molecule has 7 aromatic rings. The van der Waals surface area contributed by atoms with Gasteiger partial charge < -0.3 is 0 Å². The monoisotopic (exact) mass is 736 g/mol. The van der Waals surface area contributed by atoms with Crippen molar-refractivity contribution in [2.24, 2.45) is 0 Å². The van der Waals surface area contributed by atoms with Crippen LogP contribution in [0.4, 0.5) is 0 Å². The highest BCUT2D eigenvalue weighted by molar-refractivity contribution is 7.91. The number of hydrogen-bond acceptors (Lipinski definition) is 0. The minimum Gasteiger partial charge on any atom is -0.0750 e. The Morgan fingerprint density at radius 3 is 1.26 bits per heavy atom. The molecule has 0 aliphatic heterocycles. The number of rotatable bonds is 7. The molecule has 0 atom stereocenters. The molecule has 0 nitrogen and oxygen atoms in total. The maximum absolute atomic E-state index is 2.60. The van der Waals surface area contributed by atoms with Crippen molar-refractivity contribution in [3.63, 3.8) is 0 Å². The van der Waals surface area contributed by atoms with Crippen LogP contribution in [0.15, 0.2) is 140 Å². The van der Waals surface area contributed by atoms with Crippen LogP contribution in [0, 0.1) is 55.4 Å². The van der Waals surface area contributed by atoms with Gasteiger partial charge in [-0.3, -0.25) is 0 Å². The largest absolute Gasteiger partial charge is 0.0750 e. The molecule has 0 radical (unpaired) electrons. The third-order valence-electron chi connectivity index (χ3n) is 10.9. The van der Waals surface area contributed by atoms with E-state index in [0.717, 1.165) is 6.42 Å². The number of fused-ring (bicyclic) bond motifs is 2. The summed E-state index contributed by atoms with van der Waals surface area (Å²) in [7, 11) is -2.05. The van der Waals surface area contributed by atoms with Crippen LogP contribution >= 0.6 is 15.8 Å². The summed E-state index contributed by atoms with van der Waals surface area (Å²) in [5, 5.41) is 11.1. The van der Waals surface area contributed by atoms with Gasteiger partial charge in [0.25, 0.3) is 0 Å². The van der Waals surface area contributed by atoms with Gasteiger partial charge in [0, 0.05) is 0 Å². The van der Waals surface area contributed by atoms with E-state index >= 15 is 0 Å². The molecule has 54 heavy (non-hydrogen) atoms. The predicted molar refractivity (Wildman–Crippen MR) is 240 cm³/mol. The van der Waals surface area contributed by atoms with E-state index in [1.54, 1.807) is 0 Å². The van der Waals surface area contributed by atoms with Gasteiger partial charge >= 0.3 is 0 Å². The lowest BCUT2D eigenvalue weighted by Crippen LogP contribution is -2.47. The van der Waals surface area contributed by atoms with Gasteiger partial charge in [0.2, 0.25) is 0 Å². The lowest BCUT2D eigenvalue weighted by atomic mass is 9.89. The van der Waals surface area contributed by atoms with E-state index in [1.807, 2.05) is 0 Å². The van der Waals surface area contributed by atoms with Gasteiger partial charge in [-0.05, 0) is 131 Å². The van der Waals surface area contributed by atoms with Crippen molar-refractivity contribution in [3.05, 3.63) is 200 Å². The summed E-state index contributed by atoms with van der Waals surface area (Å²) in [4.78, 5) is -0.329. The SMILES string of the molecule is Cc1cc(C)cc(P(c2cc(C)cc(C)c2)C2(P(c3cc(C)cc(C)c3)c3cc(C)cc(C)c3)CC=c3ccccc3=C2c2cccc3ccccc23)c1. The van der Waals surface area contributed by atoms with Crippen LogP contribution in [0.3, 0.4) is 0 Å². The van der Waals surface area contributed by atoms with E-state index in [9.17, 15) is 0 Å². The molecule has 0 heterocycles. The lowest BCUT2D eigenvalue weighted by molar-refractivity contribution is 1.01. The summed E-state index contributed by atoms with van der Waals surface area (Å²) < 4.78 is 0. The van der Waals surface area contributed by atoms with Crippen LogP contribution in [0.1, 0.15) is 56.5 Å². The standard InChI is InChI=1S/C52H50P2/c1-34-22-35(2)27-44(26-34)53(45-28-36(3)23-37(4)29-45)52(54(46-30-38(5)24-39(6)31-46)47-32-40(7)25-41(8)33-47)21-20-43-15-10-12-18-49(43)51(52)50-19-13-16-42-14-9-11-17-48(42)50/h9-20,22-33H,21H2,1-8H3. The van der Waals surface area contributed by atoms with Crippen LogP contribution in [-0.4, -0.2) is 4.90 Å². The second-order valence-corrected chi connectivity index (χ2v) is 21.1. The fourth-order valence-corrected chi connectivity index (χ4v) is 17.9. The molecule has 0 saturated heterocycles. The van der Waals surface area contributed by atoms with Crippen LogP contribution in [-0.2, 0) is 0 Å². The zero-order chi connectivity index (χ0) is 37.7. The van der Waals surface area contributed by atoms with E-state index in [1.165, 1.54) is 98.1 Å². The Morgan fingerprint density at radius 1 is 0.407 bits per heavy atom. The van der Waals surface area contributed by atoms with Gasteiger partial charge in [0.1, 0.15) is 0 Å². The Kier molecular flexibility index (Phi) is 9.81. The smallest absolute Gasteiger partial charge is 0.0561 e. The maximum atomic E-state index is 2.60. The fourth-order valence-electron chi connectivity index (χ4n) is 9.25. The summed E-state index contributed by atoms with van der Waals surface area (Å²) in [6, 6.07) is 54.9. The van der Waals surface area contributed by atoms with E-state index in [0.29, 0.717) is 0 Å². The zero-order valence-electron chi connectivity index (χ0n) is 33.0. The van der Waals surface area contributed by atoms with Crippen molar-refractivity contribution in [1.82, 2.24) is 0 Å². The van der Waals surface area contributed by atoms with E-state index in [2.05, 4.69) is 201 Å². The topological polar surface area (TPSA) is 0 Å². The van der Waals surface area contributed by atoms with E-state index in [4.69, 9.17) is 0 Å². The maximum Gasteiger partial charge on any atom is 0.0561 e. The molecule has 0 saturated carbocycles. The van der Waals surface area contributed by atoms with Crippen molar-refractivity contribution in [1.29, 1.82) is 0 Å². The molecule has 1 aliphatic carbocycles. The third kappa shape index (κ3) is 6.70. The van der Waals surface area contributed by atoms with Gasteiger partial charge in [-0.25, -0.2) is 0 Å². The van der Waals surface area contributed by atoms with Gasteiger partial charge in [-0.1, -0.05) is 190 Å². The van der Waals surface area contributed by atoms with Crippen LogP contribution < -0.4 is 31.7 Å². The summed E-state index contributed by atoms with van der Waals surface area (Å²) in [5.41, 5.74) is 13.4. The number of aryl methyl sites for hydroxylation is 8.